The molecule has 6 heteroatoms. The van der Waals surface area contributed by atoms with Crippen LogP contribution in [0.5, 0.6) is 17.2 Å². The van der Waals surface area contributed by atoms with Gasteiger partial charge in [0, 0.05) is 11.6 Å². The Morgan fingerprint density at radius 2 is 1.76 bits per heavy atom. The maximum absolute atomic E-state index is 13.0. The van der Waals surface area contributed by atoms with Gasteiger partial charge in [0.2, 0.25) is 5.88 Å². The van der Waals surface area contributed by atoms with E-state index in [1.54, 1.807) is 24.3 Å². The summed E-state index contributed by atoms with van der Waals surface area (Å²) < 4.78 is 17.3. The Hall–Kier alpha value is -4.76. The van der Waals surface area contributed by atoms with Gasteiger partial charge in [-0.25, -0.2) is 4.79 Å². The maximum atomic E-state index is 13.0. The molecule has 1 heterocycles. The van der Waals surface area contributed by atoms with Gasteiger partial charge in [0.05, 0.1) is 18.1 Å². The first-order chi connectivity index (χ1) is 18.1. The third-order valence-electron chi connectivity index (χ3n) is 6.39. The lowest BCUT2D eigenvalue weighted by Crippen LogP contribution is -2.21. The Labute approximate surface area is 215 Å². The summed E-state index contributed by atoms with van der Waals surface area (Å²) in [5.74, 6) is 0.679. The third kappa shape index (κ3) is 4.85. The molecule has 0 amide bonds. The van der Waals surface area contributed by atoms with Gasteiger partial charge in [-0.2, -0.15) is 5.26 Å². The minimum atomic E-state index is -0.469. The number of fused-ring (bicyclic) bond motifs is 2. The van der Waals surface area contributed by atoms with E-state index in [9.17, 15) is 10.1 Å². The number of allylic oxidation sites excluding steroid dienone is 1. The Kier molecular flexibility index (Phi) is 6.78. The number of esters is 1. The van der Waals surface area contributed by atoms with E-state index in [2.05, 4.69) is 13.0 Å². The van der Waals surface area contributed by atoms with Gasteiger partial charge in [-0.1, -0.05) is 67.9 Å². The van der Waals surface area contributed by atoms with Gasteiger partial charge in [0.25, 0.3) is 0 Å². The number of unbranched alkanes of at least 4 members (excludes halogenated alkanes) is 1. The minimum absolute atomic E-state index is 0.0285. The summed E-state index contributed by atoms with van der Waals surface area (Å²) in [7, 11) is 0. The van der Waals surface area contributed by atoms with Gasteiger partial charge in [-0.05, 0) is 47.0 Å². The van der Waals surface area contributed by atoms with Crippen LogP contribution in [0.1, 0.15) is 47.2 Å². The van der Waals surface area contributed by atoms with Crippen LogP contribution in [0.2, 0.25) is 0 Å². The molecule has 1 atom stereocenters. The van der Waals surface area contributed by atoms with E-state index in [0.717, 1.165) is 40.5 Å². The van der Waals surface area contributed by atoms with Crippen molar-refractivity contribution in [2.75, 3.05) is 6.61 Å². The molecule has 0 saturated heterocycles. The summed E-state index contributed by atoms with van der Waals surface area (Å²) in [4.78, 5) is 13.0. The van der Waals surface area contributed by atoms with E-state index in [4.69, 9.17) is 19.9 Å². The molecule has 0 aromatic heterocycles. The number of nitrogens with zero attached hydrogens (tertiary/aromatic N) is 1. The van der Waals surface area contributed by atoms with Crippen LogP contribution < -0.4 is 19.9 Å². The zero-order valence-corrected chi connectivity index (χ0v) is 20.4. The van der Waals surface area contributed by atoms with Crippen molar-refractivity contribution in [2.24, 2.45) is 5.73 Å². The second kappa shape index (κ2) is 10.5. The summed E-state index contributed by atoms with van der Waals surface area (Å²) in [6.07, 6.45) is 2.05. The van der Waals surface area contributed by atoms with Crippen molar-refractivity contribution in [2.45, 2.75) is 25.7 Å². The Balaban J connectivity index is 1.43. The fraction of sp³-hybridized carbons (Fsp3) is 0.161. The van der Waals surface area contributed by atoms with Crippen LogP contribution in [0.15, 0.2) is 96.4 Å². The van der Waals surface area contributed by atoms with Crippen molar-refractivity contribution in [3.63, 3.8) is 0 Å². The van der Waals surface area contributed by atoms with Crippen LogP contribution in [-0.2, 0) is 0 Å². The number of nitrogens with two attached hydrogens (primary N) is 1. The van der Waals surface area contributed by atoms with Crippen molar-refractivity contribution in [1.82, 2.24) is 0 Å². The predicted octanol–water partition coefficient (Wildman–Crippen LogP) is 6.46. The number of carbonyl (C=O) groups excluding carboxylic acids is 1. The Bertz CT molecular complexity index is 1530. The number of hydrogen-bond acceptors (Lipinski definition) is 6. The van der Waals surface area contributed by atoms with E-state index in [0.29, 0.717) is 29.2 Å². The smallest absolute Gasteiger partial charge is 0.344 e. The second-order valence-electron chi connectivity index (χ2n) is 8.81. The van der Waals surface area contributed by atoms with Crippen molar-refractivity contribution >= 4 is 16.7 Å². The molecule has 6 nitrogen and oxygen atoms in total. The topological polar surface area (TPSA) is 94.6 Å². The lowest BCUT2D eigenvalue weighted by molar-refractivity contribution is 0.0736. The normalized spacial score (nSPS) is 14.4. The van der Waals surface area contributed by atoms with Crippen LogP contribution in [0.25, 0.3) is 10.8 Å². The van der Waals surface area contributed by atoms with E-state index in [-0.39, 0.29) is 5.88 Å². The molecule has 0 bridgehead atoms. The van der Waals surface area contributed by atoms with E-state index < -0.39 is 11.9 Å². The van der Waals surface area contributed by atoms with Gasteiger partial charge in [0.1, 0.15) is 28.9 Å². The first-order valence-electron chi connectivity index (χ1n) is 12.2. The summed E-state index contributed by atoms with van der Waals surface area (Å²) in [6.45, 7) is 2.78. The van der Waals surface area contributed by atoms with Gasteiger partial charge in [-0.3, -0.25) is 0 Å². The van der Waals surface area contributed by atoms with Crippen molar-refractivity contribution < 1.29 is 19.0 Å². The summed E-state index contributed by atoms with van der Waals surface area (Å²) in [6, 6.07) is 28.2. The molecule has 1 unspecified atom stereocenters. The number of carbonyl (C=O) groups is 1. The highest BCUT2D eigenvalue weighted by Gasteiger charge is 2.31. The molecular formula is C31H26N2O4. The zero-order chi connectivity index (χ0) is 25.8. The molecule has 0 spiro atoms. The molecule has 0 saturated carbocycles. The highest BCUT2D eigenvalue weighted by atomic mass is 16.5. The average molecular weight is 491 g/mol. The van der Waals surface area contributed by atoms with Gasteiger partial charge >= 0.3 is 5.97 Å². The number of ether oxygens (including phenoxy) is 3. The molecule has 37 heavy (non-hydrogen) atoms. The predicted molar refractivity (Wildman–Crippen MR) is 141 cm³/mol. The fourth-order valence-corrected chi connectivity index (χ4v) is 4.50. The molecule has 4 aromatic carbocycles. The quantitative estimate of drug-likeness (QED) is 0.182. The number of rotatable bonds is 7. The summed E-state index contributed by atoms with van der Waals surface area (Å²) >= 11 is 0. The molecule has 0 fully saturated rings. The molecule has 1 aliphatic heterocycles. The standard InChI is InChI=1S/C31H26N2O4/c1-2-3-17-35-22-13-11-21(12-14-22)29-26-16-15-23(18-28(26)37-30(33)27(29)19-32)36-31(34)25-10-6-8-20-7-4-5-9-24(20)25/h4-16,18,29H,2-3,17,33H2,1H3. The van der Waals surface area contributed by atoms with Crippen molar-refractivity contribution in [1.29, 1.82) is 5.26 Å². The van der Waals surface area contributed by atoms with Crippen molar-refractivity contribution in [3.8, 4) is 23.3 Å². The van der Waals surface area contributed by atoms with Crippen LogP contribution in [0.3, 0.4) is 0 Å². The first-order valence-corrected chi connectivity index (χ1v) is 12.2. The molecule has 0 radical (unpaired) electrons. The zero-order valence-electron chi connectivity index (χ0n) is 20.4. The lowest BCUT2D eigenvalue weighted by Gasteiger charge is -2.27. The van der Waals surface area contributed by atoms with Gasteiger partial charge in [0.15, 0.2) is 0 Å². The van der Waals surface area contributed by atoms with E-state index in [1.165, 1.54) is 0 Å². The lowest BCUT2D eigenvalue weighted by atomic mass is 9.83. The summed E-state index contributed by atoms with van der Waals surface area (Å²) in [5.41, 5.74) is 8.59. The first kappa shape index (κ1) is 24.0. The van der Waals surface area contributed by atoms with Crippen LogP contribution in [0, 0.1) is 11.3 Å². The van der Waals surface area contributed by atoms with Crippen LogP contribution in [0.4, 0.5) is 0 Å². The molecule has 0 aliphatic carbocycles. The largest absolute Gasteiger partial charge is 0.494 e. The van der Waals surface area contributed by atoms with Gasteiger partial charge < -0.3 is 19.9 Å². The monoisotopic (exact) mass is 490 g/mol. The SMILES string of the molecule is CCCCOc1ccc(C2C(C#N)=C(N)Oc3cc(OC(=O)c4cccc5ccccc45)ccc32)cc1. The van der Waals surface area contributed by atoms with E-state index >= 15 is 0 Å². The molecule has 4 aromatic rings. The minimum Gasteiger partial charge on any atom is -0.494 e. The molecule has 184 valence electrons. The van der Waals surface area contributed by atoms with Crippen molar-refractivity contribution in [3.05, 3.63) is 113 Å². The van der Waals surface area contributed by atoms with Gasteiger partial charge in [-0.15, -0.1) is 0 Å². The second-order valence-corrected chi connectivity index (χ2v) is 8.81. The fourth-order valence-electron chi connectivity index (χ4n) is 4.50. The van der Waals surface area contributed by atoms with Crippen LogP contribution in [-0.4, -0.2) is 12.6 Å². The number of hydrogen-bond donors (Lipinski definition) is 1. The number of benzene rings is 4. The highest BCUT2D eigenvalue weighted by molar-refractivity contribution is 6.05. The Morgan fingerprint density at radius 3 is 2.54 bits per heavy atom. The Morgan fingerprint density at radius 1 is 1.00 bits per heavy atom. The maximum Gasteiger partial charge on any atom is 0.344 e. The van der Waals surface area contributed by atoms with E-state index in [1.807, 2.05) is 60.7 Å². The van der Waals surface area contributed by atoms with Crippen LogP contribution >= 0.6 is 0 Å². The third-order valence-corrected chi connectivity index (χ3v) is 6.39. The highest BCUT2D eigenvalue weighted by Crippen LogP contribution is 2.43. The number of nitriles is 1. The average Bonchev–Trinajstić information content (AvgIpc) is 2.92. The molecule has 2 N–H and O–H groups in total. The summed E-state index contributed by atoms with van der Waals surface area (Å²) in [5, 5.41) is 11.6. The molecule has 1 aliphatic rings. The molecule has 5 rings (SSSR count). The molecular weight excluding hydrogens is 464 g/mol.